The Morgan fingerprint density at radius 1 is 1.20 bits per heavy atom. The number of aromatic nitrogens is 7. The van der Waals surface area contributed by atoms with Gasteiger partial charge in [-0.15, -0.1) is 15.3 Å². The van der Waals surface area contributed by atoms with Gasteiger partial charge < -0.3 is 4.57 Å². The Balaban J connectivity index is 1.58. The standard InChI is InChI=1S/C17H21N7S/c1-3-9-23-16(13-6-4-5-12(2)10-13)19-20-17(23)25-11-15-18-21-22-24(15)14-7-8-14/h4-6,10,14H,3,7-9,11H2,1-2H3. The number of tetrazole rings is 1. The van der Waals surface area contributed by atoms with Crippen LogP contribution in [0.4, 0.5) is 0 Å². The van der Waals surface area contributed by atoms with Crippen molar-refractivity contribution in [1.29, 1.82) is 0 Å². The lowest BCUT2D eigenvalue weighted by atomic mass is 10.1. The maximum atomic E-state index is 4.45. The Morgan fingerprint density at radius 2 is 2.08 bits per heavy atom. The largest absolute Gasteiger partial charge is 0.302 e. The van der Waals surface area contributed by atoms with E-state index in [1.165, 1.54) is 18.4 Å². The summed E-state index contributed by atoms with van der Waals surface area (Å²) in [5, 5.41) is 21.9. The number of aryl methyl sites for hydroxylation is 1. The third-order valence-electron chi connectivity index (χ3n) is 4.22. The first-order valence-corrected chi connectivity index (χ1v) is 9.64. The van der Waals surface area contributed by atoms with Crippen molar-refractivity contribution in [2.75, 3.05) is 0 Å². The first-order chi connectivity index (χ1) is 12.3. The lowest BCUT2D eigenvalue weighted by molar-refractivity contribution is 0.592. The molecule has 0 aliphatic heterocycles. The highest BCUT2D eigenvalue weighted by atomic mass is 32.2. The van der Waals surface area contributed by atoms with Gasteiger partial charge in [-0.2, -0.15) is 0 Å². The van der Waals surface area contributed by atoms with E-state index in [1.807, 2.05) is 4.68 Å². The second kappa shape index (κ2) is 6.95. The van der Waals surface area contributed by atoms with Crippen molar-refractivity contribution < 1.29 is 0 Å². The predicted molar refractivity (Wildman–Crippen MR) is 96.1 cm³/mol. The maximum absolute atomic E-state index is 4.45. The summed E-state index contributed by atoms with van der Waals surface area (Å²) in [6.07, 6.45) is 3.38. The van der Waals surface area contributed by atoms with Gasteiger partial charge in [0.2, 0.25) is 0 Å². The molecule has 7 nitrogen and oxygen atoms in total. The van der Waals surface area contributed by atoms with Crippen LogP contribution in [0.2, 0.25) is 0 Å². The molecule has 0 spiro atoms. The molecular weight excluding hydrogens is 334 g/mol. The van der Waals surface area contributed by atoms with Crippen molar-refractivity contribution >= 4 is 11.8 Å². The summed E-state index contributed by atoms with van der Waals surface area (Å²) < 4.78 is 4.15. The summed E-state index contributed by atoms with van der Waals surface area (Å²) in [6.45, 7) is 5.16. The van der Waals surface area contributed by atoms with Gasteiger partial charge in [0.05, 0.1) is 11.8 Å². The third-order valence-corrected chi connectivity index (χ3v) is 5.19. The Hall–Kier alpha value is -2.22. The van der Waals surface area contributed by atoms with E-state index in [0.717, 1.165) is 35.3 Å². The number of nitrogens with zero attached hydrogens (tertiary/aromatic N) is 7. The summed E-state index contributed by atoms with van der Waals surface area (Å²) in [5.41, 5.74) is 2.33. The molecule has 0 atom stereocenters. The molecule has 4 rings (SSSR count). The van der Waals surface area contributed by atoms with Gasteiger partial charge in [0, 0.05) is 12.1 Å². The van der Waals surface area contributed by atoms with Gasteiger partial charge in [-0.1, -0.05) is 42.4 Å². The van der Waals surface area contributed by atoms with E-state index in [-0.39, 0.29) is 0 Å². The molecule has 1 aliphatic carbocycles. The molecule has 1 fully saturated rings. The molecule has 130 valence electrons. The number of hydrogen-bond acceptors (Lipinski definition) is 6. The topological polar surface area (TPSA) is 74.3 Å². The van der Waals surface area contributed by atoms with Gasteiger partial charge in [-0.3, -0.25) is 0 Å². The van der Waals surface area contributed by atoms with E-state index in [1.54, 1.807) is 11.8 Å². The maximum Gasteiger partial charge on any atom is 0.191 e. The zero-order valence-electron chi connectivity index (χ0n) is 14.5. The normalized spacial score (nSPS) is 14.2. The molecular formula is C17H21N7S. The molecule has 1 aromatic carbocycles. The minimum absolute atomic E-state index is 0.488. The number of hydrogen-bond donors (Lipinski definition) is 0. The zero-order valence-corrected chi connectivity index (χ0v) is 15.3. The number of rotatable bonds is 7. The molecule has 0 unspecified atom stereocenters. The zero-order chi connectivity index (χ0) is 17.2. The highest BCUT2D eigenvalue weighted by Gasteiger charge is 2.28. The van der Waals surface area contributed by atoms with E-state index in [9.17, 15) is 0 Å². The van der Waals surface area contributed by atoms with Crippen LogP contribution in [0.3, 0.4) is 0 Å². The highest BCUT2D eigenvalue weighted by molar-refractivity contribution is 7.98. The predicted octanol–water partition coefficient (Wildman–Crippen LogP) is 3.28. The Bertz CT molecular complexity index is 866. The number of benzene rings is 1. The van der Waals surface area contributed by atoms with Crippen LogP contribution in [0.15, 0.2) is 29.4 Å². The van der Waals surface area contributed by atoms with Crippen LogP contribution in [-0.2, 0) is 12.3 Å². The van der Waals surface area contributed by atoms with Crippen LogP contribution in [-0.4, -0.2) is 35.0 Å². The fourth-order valence-corrected chi connectivity index (χ4v) is 3.74. The van der Waals surface area contributed by atoms with Gasteiger partial charge in [-0.25, -0.2) is 4.68 Å². The number of thioether (sulfide) groups is 1. The molecule has 1 saturated carbocycles. The van der Waals surface area contributed by atoms with Crippen LogP contribution in [0, 0.1) is 6.92 Å². The Morgan fingerprint density at radius 3 is 2.84 bits per heavy atom. The van der Waals surface area contributed by atoms with Crippen molar-refractivity contribution in [1.82, 2.24) is 35.0 Å². The summed E-state index contributed by atoms with van der Waals surface area (Å²) in [6, 6.07) is 8.88. The van der Waals surface area contributed by atoms with Gasteiger partial charge in [0.25, 0.3) is 0 Å². The average molecular weight is 355 g/mol. The summed E-state index contributed by atoms with van der Waals surface area (Å²) in [5.74, 6) is 2.55. The van der Waals surface area contributed by atoms with Crippen LogP contribution in [0.25, 0.3) is 11.4 Å². The average Bonchev–Trinajstić information content (AvgIpc) is 3.21. The molecule has 0 saturated heterocycles. The minimum Gasteiger partial charge on any atom is -0.302 e. The second-order valence-corrected chi connectivity index (χ2v) is 7.33. The molecule has 0 N–H and O–H groups in total. The molecule has 0 radical (unpaired) electrons. The van der Waals surface area contributed by atoms with Crippen LogP contribution in [0.1, 0.15) is 43.6 Å². The SMILES string of the molecule is CCCn1c(SCc2nnnn2C2CC2)nnc1-c1cccc(C)c1. The van der Waals surface area contributed by atoms with Crippen molar-refractivity contribution in [2.45, 2.75) is 56.6 Å². The fourth-order valence-electron chi connectivity index (χ4n) is 2.86. The quantitative estimate of drug-likeness (QED) is 0.606. The lowest BCUT2D eigenvalue weighted by Gasteiger charge is -2.09. The second-order valence-electron chi connectivity index (χ2n) is 6.39. The molecule has 2 heterocycles. The fraction of sp³-hybridized carbons (Fsp3) is 0.471. The van der Waals surface area contributed by atoms with Gasteiger partial charge >= 0.3 is 0 Å². The molecule has 0 bridgehead atoms. The van der Waals surface area contributed by atoms with Crippen molar-refractivity contribution in [3.63, 3.8) is 0 Å². The lowest BCUT2D eigenvalue weighted by Crippen LogP contribution is -2.04. The summed E-state index contributed by atoms with van der Waals surface area (Å²) >= 11 is 1.65. The monoisotopic (exact) mass is 355 g/mol. The molecule has 1 aliphatic rings. The van der Waals surface area contributed by atoms with E-state index in [2.05, 4.69) is 68.4 Å². The van der Waals surface area contributed by atoms with Crippen molar-refractivity contribution in [2.24, 2.45) is 0 Å². The first-order valence-electron chi connectivity index (χ1n) is 8.66. The Kier molecular flexibility index (Phi) is 4.52. The van der Waals surface area contributed by atoms with E-state index in [4.69, 9.17) is 0 Å². The minimum atomic E-state index is 0.488. The summed E-state index contributed by atoms with van der Waals surface area (Å²) in [4.78, 5) is 0. The van der Waals surface area contributed by atoms with Crippen molar-refractivity contribution in [3.05, 3.63) is 35.7 Å². The van der Waals surface area contributed by atoms with E-state index < -0.39 is 0 Å². The highest BCUT2D eigenvalue weighted by Crippen LogP contribution is 2.35. The van der Waals surface area contributed by atoms with Gasteiger partial charge in [-0.05, 0) is 42.7 Å². The molecule has 3 aromatic rings. The van der Waals surface area contributed by atoms with Crippen molar-refractivity contribution in [3.8, 4) is 11.4 Å². The van der Waals surface area contributed by atoms with E-state index in [0.29, 0.717) is 11.8 Å². The van der Waals surface area contributed by atoms with Gasteiger partial charge in [0.15, 0.2) is 16.8 Å². The van der Waals surface area contributed by atoms with Crippen LogP contribution in [0.5, 0.6) is 0 Å². The Labute approximate surface area is 150 Å². The first kappa shape index (κ1) is 16.3. The molecule has 25 heavy (non-hydrogen) atoms. The molecule has 2 aromatic heterocycles. The van der Waals surface area contributed by atoms with E-state index >= 15 is 0 Å². The van der Waals surface area contributed by atoms with Crippen LogP contribution < -0.4 is 0 Å². The smallest absolute Gasteiger partial charge is 0.191 e. The summed E-state index contributed by atoms with van der Waals surface area (Å²) in [7, 11) is 0. The van der Waals surface area contributed by atoms with Gasteiger partial charge in [0.1, 0.15) is 0 Å². The molecule has 8 heteroatoms. The van der Waals surface area contributed by atoms with Crippen LogP contribution >= 0.6 is 11.8 Å². The molecule has 0 amide bonds. The third kappa shape index (κ3) is 3.44.